The van der Waals surface area contributed by atoms with Crippen LogP contribution in [0.1, 0.15) is 39.5 Å². The third-order valence-corrected chi connectivity index (χ3v) is 4.82. The molecule has 0 aromatic carbocycles. The van der Waals surface area contributed by atoms with Crippen LogP contribution in [-0.4, -0.2) is 59.6 Å². The molecule has 0 radical (unpaired) electrons. The molecule has 138 valence electrons. The van der Waals surface area contributed by atoms with E-state index in [1.54, 1.807) is 13.8 Å². The van der Waals surface area contributed by atoms with E-state index in [-0.39, 0.29) is 38.0 Å². The van der Waals surface area contributed by atoms with Crippen molar-refractivity contribution in [2.24, 2.45) is 11.8 Å². The van der Waals surface area contributed by atoms with Crippen LogP contribution in [0.3, 0.4) is 0 Å². The van der Waals surface area contributed by atoms with Crippen molar-refractivity contribution >= 4 is 11.8 Å². The van der Waals surface area contributed by atoms with Crippen molar-refractivity contribution in [2.75, 3.05) is 26.2 Å². The number of halogens is 4. The third kappa shape index (κ3) is 3.52. The van der Waals surface area contributed by atoms with Crippen molar-refractivity contribution in [3.8, 4) is 0 Å². The molecule has 2 aliphatic heterocycles. The molecule has 2 rings (SSSR count). The minimum atomic E-state index is -5.03. The molecule has 2 amide bonds. The Labute approximate surface area is 139 Å². The SMILES string of the molecule is CC1CCCN(C(=O)C(F)(F)C(F)(F)C(=O)N2CCCC(C)C2)C1. The first kappa shape index (κ1) is 19.0. The van der Waals surface area contributed by atoms with E-state index in [0.29, 0.717) is 12.8 Å². The normalized spacial score (nSPS) is 26.4. The lowest BCUT2D eigenvalue weighted by Crippen LogP contribution is -2.62. The highest BCUT2D eigenvalue weighted by Gasteiger charge is 2.68. The lowest BCUT2D eigenvalue weighted by molar-refractivity contribution is -0.224. The molecule has 2 atom stereocenters. The molecule has 8 heteroatoms. The van der Waals surface area contributed by atoms with E-state index in [0.717, 1.165) is 22.6 Å². The summed E-state index contributed by atoms with van der Waals surface area (Å²) in [4.78, 5) is 25.5. The van der Waals surface area contributed by atoms with Gasteiger partial charge in [0, 0.05) is 26.2 Å². The second-order valence-electron chi connectivity index (χ2n) is 7.15. The fraction of sp³-hybridized carbons (Fsp3) is 0.875. The zero-order valence-corrected chi connectivity index (χ0v) is 14.0. The van der Waals surface area contributed by atoms with E-state index in [1.807, 2.05) is 0 Å². The summed E-state index contributed by atoms with van der Waals surface area (Å²) in [5.74, 6) is -14.0. The molecule has 0 aromatic heterocycles. The van der Waals surface area contributed by atoms with Gasteiger partial charge in [-0.15, -0.1) is 0 Å². The summed E-state index contributed by atoms with van der Waals surface area (Å²) in [6, 6.07) is 0. The van der Waals surface area contributed by atoms with Crippen molar-refractivity contribution in [3.05, 3.63) is 0 Å². The number of nitrogens with zero attached hydrogens (tertiary/aromatic N) is 2. The van der Waals surface area contributed by atoms with Gasteiger partial charge in [0.25, 0.3) is 11.8 Å². The molecule has 0 aliphatic carbocycles. The fourth-order valence-corrected chi connectivity index (χ4v) is 3.41. The number of alkyl halides is 4. The zero-order valence-electron chi connectivity index (χ0n) is 14.0. The Bertz CT molecular complexity index is 454. The van der Waals surface area contributed by atoms with E-state index in [9.17, 15) is 27.2 Å². The van der Waals surface area contributed by atoms with Crippen molar-refractivity contribution in [2.45, 2.75) is 51.4 Å². The highest BCUT2D eigenvalue weighted by atomic mass is 19.3. The maximum atomic E-state index is 14.2. The van der Waals surface area contributed by atoms with Gasteiger partial charge in [-0.05, 0) is 37.5 Å². The molecule has 0 N–H and O–H groups in total. The Balaban J connectivity index is 2.15. The van der Waals surface area contributed by atoms with Crippen LogP contribution < -0.4 is 0 Å². The second kappa shape index (κ2) is 6.88. The Morgan fingerprint density at radius 1 is 0.792 bits per heavy atom. The molecule has 0 spiro atoms. The Morgan fingerprint density at radius 2 is 1.12 bits per heavy atom. The first-order valence-corrected chi connectivity index (χ1v) is 8.41. The van der Waals surface area contributed by atoms with Gasteiger partial charge in [-0.3, -0.25) is 9.59 Å². The summed E-state index contributed by atoms with van der Waals surface area (Å²) < 4.78 is 56.9. The summed E-state index contributed by atoms with van der Waals surface area (Å²) >= 11 is 0. The van der Waals surface area contributed by atoms with Crippen molar-refractivity contribution in [1.82, 2.24) is 9.80 Å². The summed E-state index contributed by atoms with van der Waals surface area (Å²) in [5.41, 5.74) is 0. The molecule has 24 heavy (non-hydrogen) atoms. The Kier molecular flexibility index (Phi) is 5.44. The largest absolute Gasteiger partial charge is 0.395 e. The lowest BCUT2D eigenvalue weighted by Gasteiger charge is -2.37. The molecule has 2 unspecified atom stereocenters. The van der Waals surface area contributed by atoms with E-state index >= 15 is 0 Å². The topological polar surface area (TPSA) is 40.6 Å². The average Bonchev–Trinajstić information content (AvgIpc) is 2.53. The van der Waals surface area contributed by atoms with Gasteiger partial charge >= 0.3 is 11.8 Å². The predicted octanol–water partition coefficient (Wildman–Crippen LogP) is 2.77. The summed E-state index contributed by atoms with van der Waals surface area (Å²) in [6.45, 7) is 3.61. The Morgan fingerprint density at radius 3 is 1.42 bits per heavy atom. The number of rotatable bonds is 3. The van der Waals surface area contributed by atoms with Gasteiger partial charge in [0.15, 0.2) is 0 Å². The summed E-state index contributed by atoms with van der Waals surface area (Å²) in [6.07, 6.45) is 2.50. The third-order valence-electron chi connectivity index (χ3n) is 4.82. The molecule has 2 fully saturated rings. The van der Waals surface area contributed by atoms with Crippen molar-refractivity contribution < 1.29 is 27.2 Å². The smallest absolute Gasteiger partial charge is 0.337 e. The number of hydrogen-bond acceptors (Lipinski definition) is 2. The molecule has 2 saturated heterocycles. The van der Waals surface area contributed by atoms with Crippen LogP contribution in [0.2, 0.25) is 0 Å². The summed E-state index contributed by atoms with van der Waals surface area (Å²) in [7, 11) is 0. The van der Waals surface area contributed by atoms with Crippen LogP contribution in [0.5, 0.6) is 0 Å². The van der Waals surface area contributed by atoms with Crippen LogP contribution in [0.25, 0.3) is 0 Å². The molecular weight excluding hydrogens is 328 g/mol. The minimum absolute atomic E-state index is 0.0133. The number of likely N-dealkylation sites (tertiary alicyclic amines) is 2. The lowest BCUT2D eigenvalue weighted by atomic mass is 9.97. The van der Waals surface area contributed by atoms with Crippen LogP contribution in [0.15, 0.2) is 0 Å². The van der Waals surface area contributed by atoms with E-state index in [2.05, 4.69) is 0 Å². The highest BCUT2D eigenvalue weighted by Crippen LogP contribution is 2.39. The number of carbonyl (C=O) groups excluding carboxylic acids is 2. The second-order valence-corrected chi connectivity index (χ2v) is 7.15. The van der Waals surface area contributed by atoms with Crippen LogP contribution in [-0.2, 0) is 9.59 Å². The van der Waals surface area contributed by atoms with Gasteiger partial charge < -0.3 is 9.80 Å². The molecule has 0 aromatic rings. The molecule has 0 bridgehead atoms. The first-order valence-electron chi connectivity index (χ1n) is 8.41. The van der Waals surface area contributed by atoms with Crippen LogP contribution >= 0.6 is 0 Å². The molecular formula is C16H24F4N2O2. The molecule has 2 heterocycles. The van der Waals surface area contributed by atoms with E-state index in [1.165, 1.54) is 0 Å². The first-order chi connectivity index (χ1) is 11.1. The van der Waals surface area contributed by atoms with Crippen molar-refractivity contribution in [1.29, 1.82) is 0 Å². The number of carbonyl (C=O) groups is 2. The number of hydrogen-bond donors (Lipinski definition) is 0. The summed E-state index contributed by atoms with van der Waals surface area (Å²) in [5, 5.41) is 0. The standard InChI is InChI=1S/C16H24F4N2O2/c1-11-5-3-7-21(9-11)13(23)15(17,18)16(19,20)14(24)22-8-4-6-12(2)10-22/h11-12H,3-10H2,1-2H3. The quantitative estimate of drug-likeness (QED) is 0.733. The van der Waals surface area contributed by atoms with E-state index in [4.69, 9.17) is 0 Å². The monoisotopic (exact) mass is 352 g/mol. The van der Waals surface area contributed by atoms with Gasteiger partial charge in [0.2, 0.25) is 0 Å². The van der Waals surface area contributed by atoms with E-state index < -0.39 is 23.7 Å². The van der Waals surface area contributed by atoms with Gasteiger partial charge in [-0.25, -0.2) is 0 Å². The molecule has 0 saturated carbocycles. The minimum Gasteiger partial charge on any atom is -0.337 e. The van der Waals surface area contributed by atoms with Crippen molar-refractivity contribution in [3.63, 3.8) is 0 Å². The average molecular weight is 352 g/mol. The predicted molar refractivity (Wildman–Crippen MR) is 79.9 cm³/mol. The van der Waals surface area contributed by atoms with Crippen LogP contribution in [0, 0.1) is 11.8 Å². The van der Waals surface area contributed by atoms with Gasteiger partial charge in [-0.2, -0.15) is 17.6 Å². The number of amides is 2. The van der Waals surface area contributed by atoms with Crippen LogP contribution in [0.4, 0.5) is 17.6 Å². The number of piperidine rings is 2. The maximum Gasteiger partial charge on any atom is 0.395 e. The fourth-order valence-electron chi connectivity index (χ4n) is 3.41. The Hall–Kier alpha value is -1.34. The van der Waals surface area contributed by atoms with Gasteiger partial charge in [0.05, 0.1) is 0 Å². The van der Waals surface area contributed by atoms with Gasteiger partial charge in [0.1, 0.15) is 0 Å². The highest BCUT2D eigenvalue weighted by molar-refractivity contribution is 5.95. The molecule has 2 aliphatic rings. The molecule has 4 nitrogen and oxygen atoms in total. The van der Waals surface area contributed by atoms with Gasteiger partial charge in [-0.1, -0.05) is 13.8 Å². The maximum absolute atomic E-state index is 14.2. The zero-order chi connectivity index (χ0) is 18.1.